The summed E-state index contributed by atoms with van der Waals surface area (Å²) >= 11 is 1.28. The number of para-hydroxylation sites is 1. The molecule has 3 aromatic carbocycles. The van der Waals surface area contributed by atoms with E-state index in [0.717, 1.165) is 10.4 Å². The lowest BCUT2D eigenvalue weighted by atomic mass is 10.1. The minimum atomic E-state index is -0.356. The smallest absolute Gasteiger partial charge is 0.257 e. The minimum Gasteiger partial charge on any atom is -0.399 e. The molecule has 0 bridgehead atoms. The van der Waals surface area contributed by atoms with Crippen molar-refractivity contribution in [1.29, 1.82) is 0 Å². The van der Waals surface area contributed by atoms with Crippen molar-refractivity contribution in [2.75, 3.05) is 22.1 Å². The van der Waals surface area contributed by atoms with Gasteiger partial charge in [0.1, 0.15) is 0 Å². The van der Waals surface area contributed by atoms with E-state index < -0.39 is 0 Å². The zero-order valence-corrected chi connectivity index (χ0v) is 16.0. The van der Waals surface area contributed by atoms with Crippen LogP contribution in [0, 0.1) is 0 Å². The Hall–Kier alpha value is -3.91. The molecule has 1 aromatic heterocycles. The van der Waals surface area contributed by atoms with Gasteiger partial charge in [0, 0.05) is 28.2 Å². The predicted molar refractivity (Wildman–Crippen MR) is 117 cm³/mol. The number of benzene rings is 3. The van der Waals surface area contributed by atoms with Crippen LogP contribution in [0.2, 0.25) is 0 Å². The number of nitrogen functional groups attached to an aromatic ring is 2. The Morgan fingerprint density at radius 1 is 0.793 bits per heavy atom. The van der Waals surface area contributed by atoms with Gasteiger partial charge in [0.15, 0.2) is 5.13 Å². The molecular formula is C21H17N5O2S. The maximum Gasteiger partial charge on any atom is 0.257 e. The summed E-state index contributed by atoms with van der Waals surface area (Å²) in [6, 6.07) is 19.1. The Morgan fingerprint density at radius 3 is 2.21 bits per heavy atom. The van der Waals surface area contributed by atoms with Crippen molar-refractivity contribution in [3.63, 3.8) is 0 Å². The SMILES string of the molecule is Nc1cc(N)cc(C(=O)Nc2nc3ccc(C(=O)Nc4ccccc4)cc3s2)c1. The molecule has 4 rings (SSSR count). The first-order chi connectivity index (χ1) is 14.0. The van der Waals surface area contributed by atoms with E-state index >= 15 is 0 Å². The molecule has 29 heavy (non-hydrogen) atoms. The lowest BCUT2D eigenvalue weighted by Gasteiger charge is -2.04. The molecule has 0 saturated heterocycles. The molecule has 8 heteroatoms. The molecule has 0 aliphatic rings. The Morgan fingerprint density at radius 2 is 1.48 bits per heavy atom. The van der Waals surface area contributed by atoms with Crippen molar-refractivity contribution in [3.8, 4) is 0 Å². The number of nitrogens with one attached hydrogen (secondary N) is 2. The highest BCUT2D eigenvalue weighted by Gasteiger charge is 2.13. The van der Waals surface area contributed by atoms with E-state index in [1.807, 2.05) is 30.3 Å². The van der Waals surface area contributed by atoms with E-state index in [9.17, 15) is 9.59 Å². The second-order valence-electron chi connectivity index (χ2n) is 6.36. The van der Waals surface area contributed by atoms with Crippen LogP contribution in [0.15, 0.2) is 66.7 Å². The van der Waals surface area contributed by atoms with Gasteiger partial charge in [0.05, 0.1) is 10.2 Å². The molecule has 0 fully saturated rings. The third kappa shape index (κ3) is 4.17. The van der Waals surface area contributed by atoms with Gasteiger partial charge in [-0.15, -0.1) is 0 Å². The number of nitrogens with zero attached hydrogens (tertiary/aromatic N) is 1. The summed E-state index contributed by atoms with van der Waals surface area (Å²) in [5, 5.41) is 6.02. The van der Waals surface area contributed by atoms with Gasteiger partial charge in [-0.3, -0.25) is 14.9 Å². The molecular weight excluding hydrogens is 386 g/mol. The average Bonchev–Trinajstić information content (AvgIpc) is 3.09. The highest BCUT2D eigenvalue weighted by Crippen LogP contribution is 2.28. The van der Waals surface area contributed by atoms with Gasteiger partial charge in [-0.05, 0) is 48.5 Å². The van der Waals surface area contributed by atoms with Crippen molar-refractivity contribution < 1.29 is 9.59 Å². The molecule has 6 N–H and O–H groups in total. The first-order valence-electron chi connectivity index (χ1n) is 8.72. The highest BCUT2D eigenvalue weighted by molar-refractivity contribution is 7.22. The largest absolute Gasteiger partial charge is 0.399 e. The van der Waals surface area contributed by atoms with E-state index in [1.165, 1.54) is 11.3 Å². The maximum atomic E-state index is 12.5. The number of rotatable bonds is 4. The number of hydrogen-bond acceptors (Lipinski definition) is 6. The van der Waals surface area contributed by atoms with Crippen LogP contribution >= 0.6 is 11.3 Å². The molecule has 0 unspecified atom stereocenters. The van der Waals surface area contributed by atoms with Gasteiger partial charge in [-0.25, -0.2) is 4.98 Å². The van der Waals surface area contributed by atoms with Crippen LogP contribution in [-0.2, 0) is 0 Å². The third-order valence-electron chi connectivity index (χ3n) is 4.14. The fraction of sp³-hybridized carbons (Fsp3) is 0. The molecule has 1 heterocycles. The Balaban J connectivity index is 1.53. The fourth-order valence-corrected chi connectivity index (χ4v) is 3.72. The third-order valence-corrected chi connectivity index (χ3v) is 5.08. The van der Waals surface area contributed by atoms with Crippen LogP contribution in [-0.4, -0.2) is 16.8 Å². The fourth-order valence-electron chi connectivity index (χ4n) is 2.82. The Kier molecular flexibility index (Phi) is 4.84. The van der Waals surface area contributed by atoms with Gasteiger partial charge in [0.2, 0.25) is 0 Å². The minimum absolute atomic E-state index is 0.215. The first-order valence-corrected chi connectivity index (χ1v) is 9.54. The quantitative estimate of drug-likeness (QED) is 0.384. The Bertz CT molecular complexity index is 1200. The van der Waals surface area contributed by atoms with Gasteiger partial charge < -0.3 is 16.8 Å². The van der Waals surface area contributed by atoms with Gasteiger partial charge in [-0.2, -0.15) is 0 Å². The number of aromatic nitrogens is 1. The molecule has 0 spiro atoms. The highest BCUT2D eigenvalue weighted by atomic mass is 32.1. The van der Waals surface area contributed by atoms with Crippen LogP contribution in [0.25, 0.3) is 10.2 Å². The summed E-state index contributed by atoms with van der Waals surface area (Å²) in [4.78, 5) is 29.3. The topological polar surface area (TPSA) is 123 Å². The van der Waals surface area contributed by atoms with Crippen LogP contribution in [0.4, 0.5) is 22.2 Å². The molecule has 0 aliphatic carbocycles. The van der Waals surface area contributed by atoms with Crippen LogP contribution in [0.3, 0.4) is 0 Å². The van der Waals surface area contributed by atoms with E-state index in [0.29, 0.717) is 33.1 Å². The van der Waals surface area contributed by atoms with E-state index in [2.05, 4.69) is 15.6 Å². The summed E-state index contributed by atoms with van der Waals surface area (Å²) in [6.45, 7) is 0. The van der Waals surface area contributed by atoms with Crippen molar-refractivity contribution in [3.05, 3.63) is 77.9 Å². The average molecular weight is 403 g/mol. The van der Waals surface area contributed by atoms with Crippen LogP contribution < -0.4 is 22.1 Å². The predicted octanol–water partition coefficient (Wildman–Crippen LogP) is 3.97. The molecule has 0 radical (unpaired) electrons. The van der Waals surface area contributed by atoms with Crippen LogP contribution in [0.1, 0.15) is 20.7 Å². The number of amides is 2. The van der Waals surface area contributed by atoms with E-state index in [-0.39, 0.29) is 11.8 Å². The second-order valence-corrected chi connectivity index (χ2v) is 7.39. The zero-order chi connectivity index (χ0) is 20.4. The first kappa shape index (κ1) is 18.5. The van der Waals surface area contributed by atoms with Crippen LogP contribution in [0.5, 0.6) is 0 Å². The van der Waals surface area contributed by atoms with Crippen molar-refractivity contribution >= 4 is 55.6 Å². The van der Waals surface area contributed by atoms with E-state index in [1.54, 1.807) is 36.4 Å². The van der Waals surface area contributed by atoms with Crippen molar-refractivity contribution in [2.24, 2.45) is 0 Å². The maximum absolute atomic E-state index is 12.5. The number of fused-ring (bicyclic) bond motifs is 1. The summed E-state index contributed by atoms with van der Waals surface area (Å²) in [7, 11) is 0. The molecule has 0 atom stereocenters. The molecule has 144 valence electrons. The number of anilines is 4. The number of hydrogen-bond donors (Lipinski definition) is 4. The van der Waals surface area contributed by atoms with Crippen molar-refractivity contribution in [1.82, 2.24) is 4.98 Å². The normalized spacial score (nSPS) is 10.6. The lowest BCUT2D eigenvalue weighted by Crippen LogP contribution is -2.12. The van der Waals surface area contributed by atoms with Gasteiger partial charge >= 0.3 is 0 Å². The van der Waals surface area contributed by atoms with E-state index in [4.69, 9.17) is 11.5 Å². The summed E-state index contributed by atoms with van der Waals surface area (Å²) in [6.07, 6.45) is 0. The number of carbonyl (C=O) groups is 2. The molecule has 2 amide bonds. The monoisotopic (exact) mass is 403 g/mol. The molecule has 7 nitrogen and oxygen atoms in total. The number of thiazole rings is 1. The number of carbonyl (C=O) groups excluding carboxylic acids is 2. The standard InChI is InChI=1S/C21H17N5O2S/c22-14-8-13(9-15(23)11-14)20(28)26-21-25-17-7-6-12(10-18(17)29-21)19(27)24-16-4-2-1-3-5-16/h1-11H,22-23H2,(H,24,27)(H,25,26,28). The lowest BCUT2D eigenvalue weighted by molar-refractivity contribution is 0.101. The second kappa shape index (κ2) is 7.61. The van der Waals surface area contributed by atoms with Crippen molar-refractivity contribution in [2.45, 2.75) is 0 Å². The van der Waals surface area contributed by atoms with Gasteiger partial charge in [0.25, 0.3) is 11.8 Å². The zero-order valence-electron chi connectivity index (χ0n) is 15.2. The van der Waals surface area contributed by atoms with Gasteiger partial charge in [-0.1, -0.05) is 29.5 Å². The Labute approximate surface area is 170 Å². The number of nitrogens with two attached hydrogens (primary N) is 2. The molecule has 4 aromatic rings. The summed E-state index contributed by atoms with van der Waals surface area (Å²) in [5.74, 6) is -0.572. The molecule has 0 aliphatic heterocycles. The summed E-state index contributed by atoms with van der Waals surface area (Å²) in [5.41, 5.74) is 14.6. The summed E-state index contributed by atoms with van der Waals surface area (Å²) < 4.78 is 0.785. The molecule has 0 saturated carbocycles.